The molecular weight excluding hydrogens is 140 g/mol. The highest BCUT2D eigenvalue weighted by molar-refractivity contribution is 4.85. The Balaban J connectivity index is 2.49. The minimum atomic E-state index is -0.535. The molecule has 66 valence electrons. The zero-order valence-corrected chi connectivity index (χ0v) is 7.47. The normalized spacial score (nSPS) is 35.2. The molecule has 1 fully saturated rings. The van der Waals surface area contributed by atoms with Gasteiger partial charge in [0, 0.05) is 6.61 Å². The molecule has 1 rings (SSSR count). The van der Waals surface area contributed by atoms with Crippen LogP contribution in [0.3, 0.4) is 0 Å². The van der Waals surface area contributed by atoms with Gasteiger partial charge in [-0.15, -0.1) is 0 Å². The molecule has 0 aliphatic carbocycles. The molecule has 2 heteroatoms. The molecule has 2 atom stereocenters. The predicted molar refractivity (Wildman–Crippen MR) is 44.5 cm³/mol. The van der Waals surface area contributed by atoms with Crippen molar-refractivity contribution in [1.82, 2.24) is 0 Å². The maximum absolute atomic E-state index is 10.0. The van der Waals surface area contributed by atoms with E-state index in [1.807, 2.05) is 0 Å². The van der Waals surface area contributed by atoms with E-state index in [2.05, 4.69) is 13.8 Å². The van der Waals surface area contributed by atoms with E-state index in [1.54, 1.807) is 0 Å². The predicted octanol–water partition coefficient (Wildman–Crippen LogP) is 1.57. The summed E-state index contributed by atoms with van der Waals surface area (Å²) in [6.07, 6.45) is 2.93. The van der Waals surface area contributed by atoms with E-state index in [-0.39, 0.29) is 0 Å². The van der Waals surface area contributed by atoms with Crippen LogP contribution in [0.4, 0.5) is 0 Å². The van der Waals surface area contributed by atoms with Crippen LogP contribution in [0.1, 0.15) is 33.1 Å². The van der Waals surface area contributed by atoms with Crippen LogP contribution in [0.2, 0.25) is 0 Å². The lowest BCUT2D eigenvalue weighted by molar-refractivity contribution is -0.116. The highest BCUT2D eigenvalue weighted by Crippen LogP contribution is 2.28. The number of hydrogen-bond acceptors (Lipinski definition) is 2. The quantitative estimate of drug-likeness (QED) is 0.661. The summed E-state index contributed by atoms with van der Waals surface area (Å²) in [4.78, 5) is 0. The Morgan fingerprint density at radius 3 is 2.82 bits per heavy atom. The van der Waals surface area contributed by atoms with Gasteiger partial charge in [0.2, 0.25) is 0 Å². The molecule has 0 aromatic rings. The smallest absolute Gasteiger partial charge is 0.0906 e. The van der Waals surface area contributed by atoms with Gasteiger partial charge in [-0.25, -0.2) is 0 Å². The molecule has 1 aliphatic rings. The van der Waals surface area contributed by atoms with Crippen molar-refractivity contribution in [2.24, 2.45) is 5.92 Å². The average Bonchev–Trinajstić information content (AvgIpc) is 2.04. The Morgan fingerprint density at radius 2 is 2.36 bits per heavy atom. The molecule has 0 bridgehead atoms. The Morgan fingerprint density at radius 1 is 1.64 bits per heavy atom. The molecule has 1 saturated heterocycles. The summed E-state index contributed by atoms with van der Waals surface area (Å²) in [7, 11) is 0. The van der Waals surface area contributed by atoms with Gasteiger partial charge in [-0.05, 0) is 18.8 Å². The topological polar surface area (TPSA) is 29.5 Å². The van der Waals surface area contributed by atoms with Crippen molar-refractivity contribution in [1.29, 1.82) is 0 Å². The van der Waals surface area contributed by atoms with Crippen LogP contribution in [0.5, 0.6) is 0 Å². The molecule has 0 saturated carbocycles. The van der Waals surface area contributed by atoms with Crippen molar-refractivity contribution >= 4 is 0 Å². The first-order chi connectivity index (χ1) is 5.19. The van der Waals surface area contributed by atoms with Crippen LogP contribution in [0.15, 0.2) is 0 Å². The maximum atomic E-state index is 10.0. The van der Waals surface area contributed by atoms with E-state index in [9.17, 15) is 5.11 Å². The van der Waals surface area contributed by atoms with Gasteiger partial charge < -0.3 is 9.84 Å². The Bertz CT molecular complexity index is 117. The fourth-order valence-electron chi connectivity index (χ4n) is 1.57. The molecule has 11 heavy (non-hydrogen) atoms. The zero-order valence-electron chi connectivity index (χ0n) is 7.47. The lowest BCUT2D eigenvalue weighted by atomic mass is 9.83. The van der Waals surface area contributed by atoms with E-state index in [4.69, 9.17) is 4.74 Å². The van der Waals surface area contributed by atoms with Crippen LogP contribution >= 0.6 is 0 Å². The maximum Gasteiger partial charge on any atom is 0.0906 e. The molecule has 1 N–H and O–H groups in total. The van der Waals surface area contributed by atoms with E-state index < -0.39 is 5.60 Å². The van der Waals surface area contributed by atoms with Crippen molar-refractivity contribution in [3.63, 3.8) is 0 Å². The lowest BCUT2D eigenvalue weighted by Crippen LogP contribution is -2.44. The first kappa shape index (κ1) is 9.01. The molecule has 0 amide bonds. The Hall–Kier alpha value is -0.0800. The zero-order chi connectivity index (χ0) is 8.32. The summed E-state index contributed by atoms with van der Waals surface area (Å²) in [5, 5.41) is 10.0. The molecule has 1 aliphatic heterocycles. The summed E-state index contributed by atoms with van der Waals surface area (Å²) >= 11 is 0. The summed E-state index contributed by atoms with van der Waals surface area (Å²) < 4.78 is 5.26. The molecule has 0 aromatic carbocycles. The highest BCUT2D eigenvalue weighted by Gasteiger charge is 2.34. The summed E-state index contributed by atoms with van der Waals surface area (Å²) in [6.45, 7) is 5.55. The van der Waals surface area contributed by atoms with Gasteiger partial charge in [0.25, 0.3) is 0 Å². The average molecular weight is 158 g/mol. The van der Waals surface area contributed by atoms with Gasteiger partial charge in [0.05, 0.1) is 12.2 Å². The monoisotopic (exact) mass is 158 g/mol. The second-order valence-electron chi connectivity index (χ2n) is 3.57. The molecule has 0 spiro atoms. The van der Waals surface area contributed by atoms with Gasteiger partial charge >= 0.3 is 0 Å². The molecule has 2 unspecified atom stereocenters. The van der Waals surface area contributed by atoms with Crippen molar-refractivity contribution < 1.29 is 9.84 Å². The van der Waals surface area contributed by atoms with Crippen LogP contribution in [-0.2, 0) is 4.74 Å². The molecule has 0 aromatic heterocycles. The van der Waals surface area contributed by atoms with Crippen molar-refractivity contribution in [2.75, 3.05) is 13.2 Å². The van der Waals surface area contributed by atoms with Gasteiger partial charge in [0.15, 0.2) is 0 Å². The third kappa shape index (κ3) is 1.94. The minimum Gasteiger partial charge on any atom is -0.387 e. The molecule has 2 nitrogen and oxygen atoms in total. The van der Waals surface area contributed by atoms with Crippen LogP contribution in [0.25, 0.3) is 0 Å². The number of aliphatic hydroxyl groups is 1. The fourth-order valence-corrected chi connectivity index (χ4v) is 1.57. The summed E-state index contributed by atoms with van der Waals surface area (Å²) in [5.41, 5.74) is -0.535. The van der Waals surface area contributed by atoms with E-state index in [0.717, 1.165) is 25.9 Å². The van der Waals surface area contributed by atoms with E-state index >= 15 is 0 Å². The van der Waals surface area contributed by atoms with E-state index in [0.29, 0.717) is 12.5 Å². The van der Waals surface area contributed by atoms with Crippen molar-refractivity contribution in [3.05, 3.63) is 0 Å². The van der Waals surface area contributed by atoms with Gasteiger partial charge in [-0.3, -0.25) is 0 Å². The largest absolute Gasteiger partial charge is 0.387 e. The SMILES string of the molecule is CCC(C)C1(O)CCCOC1. The number of hydrogen-bond donors (Lipinski definition) is 1. The minimum absolute atomic E-state index is 0.364. The van der Waals surface area contributed by atoms with Crippen LogP contribution in [0, 0.1) is 5.92 Å². The first-order valence-corrected chi connectivity index (χ1v) is 4.49. The van der Waals surface area contributed by atoms with E-state index in [1.165, 1.54) is 0 Å². The van der Waals surface area contributed by atoms with Gasteiger partial charge in [0.1, 0.15) is 0 Å². The first-order valence-electron chi connectivity index (χ1n) is 4.49. The molecule has 0 radical (unpaired) electrons. The van der Waals surface area contributed by atoms with Crippen molar-refractivity contribution in [3.8, 4) is 0 Å². The Kier molecular flexibility index (Phi) is 2.90. The molecular formula is C9H18O2. The third-order valence-corrected chi connectivity index (χ3v) is 2.78. The third-order valence-electron chi connectivity index (χ3n) is 2.78. The van der Waals surface area contributed by atoms with Crippen molar-refractivity contribution in [2.45, 2.75) is 38.7 Å². The second kappa shape index (κ2) is 3.55. The van der Waals surface area contributed by atoms with Gasteiger partial charge in [-0.1, -0.05) is 20.3 Å². The summed E-state index contributed by atoms with van der Waals surface area (Å²) in [5.74, 6) is 0.364. The van der Waals surface area contributed by atoms with Gasteiger partial charge in [-0.2, -0.15) is 0 Å². The summed E-state index contributed by atoms with van der Waals surface area (Å²) in [6, 6.07) is 0. The highest BCUT2D eigenvalue weighted by atomic mass is 16.5. The fraction of sp³-hybridized carbons (Fsp3) is 1.00. The lowest BCUT2D eigenvalue weighted by Gasteiger charge is -2.36. The number of ether oxygens (including phenoxy) is 1. The van der Waals surface area contributed by atoms with Crippen LogP contribution in [-0.4, -0.2) is 23.9 Å². The standard InChI is InChI=1S/C9H18O2/c1-3-8(2)9(10)5-4-6-11-7-9/h8,10H,3-7H2,1-2H3. The molecule has 1 heterocycles. The Labute approximate surface area is 68.6 Å². The number of rotatable bonds is 2. The second-order valence-corrected chi connectivity index (χ2v) is 3.57. The van der Waals surface area contributed by atoms with Crippen LogP contribution < -0.4 is 0 Å².